The van der Waals surface area contributed by atoms with E-state index in [9.17, 15) is 19.2 Å². The van der Waals surface area contributed by atoms with Crippen molar-refractivity contribution < 1.29 is 28.7 Å². The number of ketones is 1. The Bertz CT molecular complexity index is 773. The maximum atomic E-state index is 12.4. The SMILES string of the molecule is CCOC(=O)c1c(CC(=O)COC(=O)[C@@H](CCSC)NC(C)=O)sc2c1CCC2. The van der Waals surface area contributed by atoms with Crippen LogP contribution in [0.1, 0.15) is 52.4 Å². The summed E-state index contributed by atoms with van der Waals surface area (Å²) in [6, 6.07) is -0.770. The molecule has 1 aromatic rings. The molecule has 1 aliphatic rings. The Morgan fingerprint density at radius 2 is 1.97 bits per heavy atom. The third-order valence-electron chi connectivity index (χ3n) is 4.48. The summed E-state index contributed by atoms with van der Waals surface area (Å²) in [4.78, 5) is 50.1. The van der Waals surface area contributed by atoms with Gasteiger partial charge in [0.25, 0.3) is 0 Å². The lowest BCUT2D eigenvalue weighted by atomic mass is 10.1. The number of carbonyl (C=O) groups is 4. The smallest absolute Gasteiger partial charge is 0.339 e. The van der Waals surface area contributed by atoms with Gasteiger partial charge in [-0.1, -0.05) is 0 Å². The Morgan fingerprint density at radius 1 is 1.21 bits per heavy atom. The minimum absolute atomic E-state index is 0.0225. The van der Waals surface area contributed by atoms with Gasteiger partial charge >= 0.3 is 11.9 Å². The molecule has 0 aliphatic heterocycles. The standard InChI is InChI=1S/C20H27NO6S2/c1-4-26-20(25)18-14-6-5-7-16(14)29-17(18)10-13(23)11-27-19(24)15(8-9-28-3)21-12(2)22/h15H,4-11H2,1-3H3,(H,21,22)/t15-/m1/s1. The molecule has 0 saturated carbocycles. The number of hydrogen-bond acceptors (Lipinski definition) is 8. The second kappa shape index (κ2) is 11.3. The van der Waals surface area contributed by atoms with Crippen LogP contribution < -0.4 is 5.32 Å². The number of hydrogen-bond donors (Lipinski definition) is 1. The van der Waals surface area contributed by atoms with Crippen molar-refractivity contribution in [3.05, 3.63) is 20.9 Å². The highest BCUT2D eigenvalue weighted by Crippen LogP contribution is 2.36. The fourth-order valence-corrected chi connectivity index (χ4v) is 5.12. The van der Waals surface area contributed by atoms with Gasteiger partial charge in [0, 0.05) is 23.1 Å². The highest BCUT2D eigenvalue weighted by atomic mass is 32.2. The molecule has 160 valence electrons. The lowest BCUT2D eigenvalue weighted by Crippen LogP contribution is -2.41. The third-order valence-corrected chi connectivity index (χ3v) is 6.42. The second-order valence-electron chi connectivity index (χ2n) is 6.73. The molecule has 0 radical (unpaired) electrons. The number of aryl methyl sites for hydroxylation is 1. The summed E-state index contributed by atoms with van der Waals surface area (Å²) in [5.41, 5.74) is 1.51. The Labute approximate surface area is 178 Å². The molecule has 2 rings (SSSR count). The third kappa shape index (κ3) is 6.57. The van der Waals surface area contributed by atoms with Gasteiger partial charge < -0.3 is 14.8 Å². The molecule has 1 heterocycles. The number of carbonyl (C=O) groups excluding carboxylic acids is 4. The molecule has 1 N–H and O–H groups in total. The summed E-state index contributed by atoms with van der Waals surface area (Å²) in [5.74, 6) is -0.962. The fourth-order valence-electron chi connectivity index (χ4n) is 3.24. The molecule has 0 aromatic carbocycles. The number of thioether (sulfide) groups is 1. The average molecular weight is 442 g/mol. The van der Waals surface area contributed by atoms with Gasteiger partial charge in [-0.15, -0.1) is 11.3 Å². The van der Waals surface area contributed by atoms with E-state index < -0.39 is 18.0 Å². The molecule has 29 heavy (non-hydrogen) atoms. The van der Waals surface area contributed by atoms with Crippen LogP contribution in [0.3, 0.4) is 0 Å². The van der Waals surface area contributed by atoms with Gasteiger partial charge in [-0.2, -0.15) is 11.8 Å². The Hall–Kier alpha value is -1.87. The van der Waals surface area contributed by atoms with Crippen molar-refractivity contribution in [3.63, 3.8) is 0 Å². The van der Waals surface area contributed by atoms with Crippen LogP contribution in [0.15, 0.2) is 0 Å². The van der Waals surface area contributed by atoms with Crippen molar-refractivity contribution in [2.75, 3.05) is 25.2 Å². The molecule has 0 saturated heterocycles. The van der Waals surface area contributed by atoms with Gasteiger partial charge in [-0.05, 0) is 50.2 Å². The molecule has 0 unspecified atom stereocenters. The highest BCUT2D eigenvalue weighted by molar-refractivity contribution is 7.98. The number of fused-ring (bicyclic) bond motifs is 1. The van der Waals surface area contributed by atoms with Gasteiger partial charge in [-0.3, -0.25) is 9.59 Å². The first kappa shape index (κ1) is 23.4. The first-order valence-electron chi connectivity index (χ1n) is 9.62. The predicted molar refractivity (Wildman–Crippen MR) is 113 cm³/mol. The largest absolute Gasteiger partial charge is 0.462 e. The number of thiophene rings is 1. The van der Waals surface area contributed by atoms with E-state index in [-0.39, 0.29) is 31.3 Å². The Morgan fingerprint density at radius 3 is 2.62 bits per heavy atom. The quantitative estimate of drug-likeness (QED) is 0.526. The predicted octanol–water partition coefficient (Wildman–Crippen LogP) is 2.33. The van der Waals surface area contributed by atoms with Crippen molar-refractivity contribution in [3.8, 4) is 0 Å². The van der Waals surface area contributed by atoms with Crippen LogP contribution in [0.5, 0.6) is 0 Å². The topological polar surface area (TPSA) is 98.8 Å². The van der Waals surface area contributed by atoms with Crippen LogP contribution in [-0.4, -0.2) is 54.9 Å². The van der Waals surface area contributed by atoms with E-state index in [4.69, 9.17) is 9.47 Å². The average Bonchev–Trinajstić information content (AvgIpc) is 3.23. The van der Waals surface area contributed by atoms with E-state index in [1.54, 1.807) is 18.7 Å². The molecule has 0 spiro atoms. The van der Waals surface area contributed by atoms with Crippen molar-refractivity contribution in [2.45, 2.75) is 52.0 Å². The lowest BCUT2D eigenvalue weighted by molar-refractivity contribution is -0.151. The van der Waals surface area contributed by atoms with Gasteiger partial charge in [0.05, 0.1) is 12.2 Å². The summed E-state index contributed by atoms with van der Waals surface area (Å²) in [6.07, 6.45) is 5.08. The minimum Gasteiger partial charge on any atom is -0.462 e. The van der Waals surface area contributed by atoms with Crippen LogP contribution in [0.2, 0.25) is 0 Å². The first-order chi connectivity index (χ1) is 13.9. The van der Waals surface area contributed by atoms with Crippen LogP contribution >= 0.6 is 23.1 Å². The molecule has 1 amide bonds. The van der Waals surface area contributed by atoms with Gasteiger partial charge in [0.15, 0.2) is 5.78 Å². The number of amides is 1. The number of ether oxygens (including phenoxy) is 2. The van der Waals surface area contributed by atoms with E-state index in [2.05, 4.69) is 5.32 Å². The first-order valence-corrected chi connectivity index (χ1v) is 11.8. The summed E-state index contributed by atoms with van der Waals surface area (Å²) < 4.78 is 10.3. The van der Waals surface area contributed by atoms with E-state index in [1.807, 2.05) is 6.26 Å². The summed E-state index contributed by atoms with van der Waals surface area (Å²) >= 11 is 3.02. The molecular formula is C20H27NO6S2. The number of Topliss-reactive ketones (excluding diaryl/α,β-unsaturated/α-hetero) is 1. The van der Waals surface area contributed by atoms with Crippen molar-refractivity contribution in [2.24, 2.45) is 0 Å². The normalized spacial score (nSPS) is 13.5. The number of rotatable bonds is 11. The van der Waals surface area contributed by atoms with Gasteiger partial charge in [0.2, 0.25) is 5.91 Å². The van der Waals surface area contributed by atoms with E-state index >= 15 is 0 Å². The summed E-state index contributed by atoms with van der Waals surface area (Å²) in [5, 5.41) is 2.55. The van der Waals surface area contributed by atoms with Gasteiger partial charge in [-0.25, -0.2) is 9.59 Å². The molecular weight excluding hydrogens is 414 g/mol. The molecule has 0 bridgehead atoms. The van der Waals surface area contributed by atoms with Crippen LogP contribution in [0.25, 0.3) is 0 Å². The second-order valence-corrected chi connectivity index (χ2v) is 8.91. The van der Waals surface area contributed by atoms with E-state index in [0.717, 1.165) is 29.7 Å². The number of esters is 2. The monoisotopic (exact) mass is 441 g/mol. The summed E-state index contributed by atoms with van der Waals surface area (Å²) in [6.45, 7) is 2.96. The Balaban J connectivity index is 1.99. The van der Waals surface area contributed by atoms with Gasteiger partial charge in [0.1, 0.15) is 12.6 Å². The Kier molecular flexibility index (Phi) is 9.16. The zero-order valence-electron chi connectivity index (χ0n) is 17.0. The summed E-state index contributed by atoms with van der Waals surface area (Å²) in [7, 11) is 0. The van der Waals surface area contributed by atoms with Crippen LogP contribution in [0, 0.1) is 0 Å². The van der Waals surface area contributed by atoms with Crippen molar-refractivity contribution >= 4 is 46.7 Å². The molecule has 7 nitrogen and oxygen atoms in total. The zero-order valence-corrected chi connectivity index (χ0v) is 18.6. The molecule has 0 fully saturated rings. The van der Waals surface area contributed by atoms with Crippen LogP contribution in [-0.2, 0) is 43.1 Å². The fraction of sp³-hybridized carbons (Fsp3) is 0.600. The maximum Gasteiger partial charge on any atom is 0.339 e. The van der Waals surface area contributed by atoms with E-state index in [1.165, 1.54) is 18.3 Å². The molecule has 1 aromatic heterocycles. The number of nitrogens with one attached hydrogen (secondary N) is 1. The van der Waals surface area contributed by atoms with Crippen molar-refractivity contribution in [1.82, 2.24) is 5.32 Å². The molecule has 9 heteroatoms. The lowest BCUT2D eigenvalue weighted by Gasteiger charge is -2.16. The maximum absolute atomic E-state index is 12.4. The molecule has 1 aliphatic carbocycles. The zero-order chi connectivity index (χ0) is 21.4. The minimum atomic E-state index is -0.770. The van der Waals surface area contributed by atoms with Crippen LogP contribution in [0.4, 0.5) is 0 Å². The van der Waals surface area contributed by atoms with E-state index in [0.29, 0.717) is 22.6 Å². The highest BCUT2D eigenvalue weighted by Gasteiger charge is 2.28. The van der Waals surface area contributed by atoms with Crippen molar-refractivity contribution in [1.29, 1.82) is 0 Å². The molecule has 1 atom stereocenters.